The third-order valence-electron chi connectivity index (χ3n) is 7.69. The Morgan fingerprint density at radius 1 is 1.18 bits per heavy atom. The van der Waals surface area contributed by atoms with E-state index in [1.54, 1.807) is 9.47 Å². The van der Waals surface area contributed by atoms with Crippen LogP contribution < -0.4 is 4.90 Å². The summed E-state index contributed by atoms with van der Waals surface area (Å²) in [4.78, 5) is 38.1. The van der Waals surface area contributed by atoms with Gasteiger partial charge in [0.25, 0.3) is 0 Å². The highest BCUT2D eigenvalue weighted by Gasteiger charge is 2.32. The van der Waals surface area contributed by atoms with Gasteiger partial charge in [-0.05, 0) is 48.8 Å². The number of benzene rings is 1. The van der Waals surface area contributed by atoms with Crippen LogP contribution in [0.3, 0.4) is 0 Å². The number of amides is 1. The Bertz CT molecular complexity index is 1340. The number of anilines is 1. The molecule has 3 aromatic rings. The second-order valence-electron chi connectivity index (χ2n) is 11.0. The number of aromatic nitrogens is 3. The van der Waals surface area contributed by atoms with Gasteiger partial charge in [-0.2, -0.15) is 5.26 Å². The standard InChI is InChI=1S/C30H38N6O3/c1-20(2)16-23-6-8-24(9-7-23)22(4)30(38)39-19-36-15-12-25-28(32-18-33-29(25)36)34(5)26-17-35(14-11-21(26)3)27(37)10-13-31/h6-9,12,15,18,20-22,26H,10-11,14,16-17,19H2,1-5H3/t21-,22?,26+/m1/s1. The first-order valence-electron chi connectivity index (χ1n) is 13.6. The third kappa shape index (κ3) is 6.39. The van der Waals surface area contributed by atoms with E-state index in [-0.39, 0.29) is 37.0 Å². The van der Waals surface area contributed by atoms with E-state index < -0.39 is 0 Å². The molecule has 1 aliphatic heterocycles. The van der Waals surface area contributed by atoms with Crippen LogP contribution in [0, 0.1) is 23.2 Å². The highest BCUT2D eigenvalue weighted by atomic mass is 16.5. The molecule has 3 atom stereocenters. The minimum Gasteiger partial charge on any atom is -0.443 e. The number of nitriles is 1. The van der Waals surface area contributed by atoms with Crippen LogP contribution in [0.4, 0.5) is 5.82 Å². The predicted molar refractivity (Wildman–Crippen MR) is 150 cm³/mol. The summed E-state index contributed by atoms with van der Waals surface area (Å²) >= 11 is 0. The molecule has 1 aromatic carbocycles. The van der Waals surface area contributed by atoms with E-state index in [0.717, 1.165) is 29.6 Å². The Balaban J connectivity index is 1.45. The Labute approximate surface area is 230 Å². The quantitative estimate of drug-likeness (QED) is 0.375. The molecule has 3 heterocycles. The Kier molecular flexibility index (Phi) is 8.85. The lowest BCUT2D eigenvalue weighted by Gasteiger charge is -2.42. The number of fused-ring (bicyclic) bond motifs is 1. The second kappa shape index (κ2) is 12.3. The maximum Gasteiger partial charge on any atom is 0.314 e. The van der Waals surface area contributed by atoms with Gasteiger partial charge in [0.05, 0.1) is 23.4 Å². The first kappa shape index (κ1) is 28.1. The number of hydrogen-bond acceptors (Lipinski definition) is 7. The lowest BCUT2D eigenvalue weighted by molar-refractivity contribution is -0.148. The molecule has 1 fully saturated rings. The third-order valence-corrected chi connectivity index (χ3v) is 7.69. The van der Waals surface area contributed by atoms with Gasteiger partial charge in [0.1, 0.15) is 24.2 Å². The molecule has 1 aliphatic rings. The molecule has 0 spiro atoms. The molecule has 0 radical (unpaired) electrons. The highest BCUT2D eigenvalue weighted by molar-refractivity contribution is 5.88. The average molecular weight is 531 g/mol. The van der Waals surface area contributed by atoms with Crippen LogP contribution in [0.5, 0.6) is 0 Å². The molecule has 0 saturated carbocycles. The molecular weight excluding hydrogens is 492 g/mol. The van der Waals surface area contributed by atoms with Crippen molar-refractivity contribution < 1.29 is 14.3 Å². The van der Waals surface area contributed by atoms with Crippen molar-refractivity contribution >= 4 is 28.7 Å². The van der Waals surface area contributed by atoms with E-state index >= 15 is 0 Å². The maximum atomic E-state index is 12.9. The van der Waals surface area contributed by atoms with Gasteiger partial charge in [0.2, 0.25) is 5.91 Å². The number of rotatable bonds is 9. The summed E-state index contributed by atoms with van der Waals surface area (Å²) in [6.45, 7) is 9.67. The zero-order valence-electron chi connectivity index (χ0n) is 23.5. The number of ether oxygens (including phenoxy) is 1. The molecule has 1 amide bonds. The fraction of sp³-hybridized carbons (Fsp3) is 0.500. The van der Waals surface area contributed by atoms with Gasteiger partial charge < -0.3 is 14.5 Å². The highest BCUT2D eigenvalue weighted by Crippen LogP contribution is 2.30. The summed E-state index contributed by atoms with van der Waals surface area (Å²) in [5, 5.41) is 9.78. The molecule has 2 aromatic heterocycles. The van der Waals surface area contributed by atoms with Crippen molar-refractivity contribution in [3.05, 3.63) is 54.0 Å². The minimum absolute atomic E-state index is 0.0495. The molecular formula is C30H38N6O3. The van der Waals surface area contributed by atoms with Crippen molar-refractivity contribution in [3.8, 4) is 6.07 Å². The number of likely N-dealkylation sites (N-methyl/N-ethyl adjacent to an activating group) is 1. The van der Waals surface area contributed by atoms with E-state index in [4.69, 9.17) is 10.00 Å². The molecule has 9 heteroatoms. The summed E-state index contributed by atoms with van der Waals surface area (Å²) in [7, 11) is 1.98. The topological polar surface area (TPSA) is 104 Å². The maximum absolute atomic E-state index is 12.9. The molecule has 4 rings (SSSR count). The molecule has 39 heavy (non-hydrogen) atoms. The largest absolute Gasteiger partial charge is 0.443 e. The first-order valence-corrected chi connectivity index (χ1v) is 13.6. The number of hydrogen-bond donors (Lipinski definition) is 0. The fourth-order valence-electron chi connectivity index (χ4n) is 5.30. The Morgan fingerprint density at radius 2 is 1.92 bits per heavy atom. The molecule has 0 bridgehead atoms. The summed E-state index contributed by atoms with van der Waals surface area (Å²) in [5.74, 6) is 0.873. The molecule has 0 N–H and O–H groups in total. The second-order valence-corrected chi connectivity index (χ2v) is 11.0. The smallest absolute Gasteiger partial charge is 0.314 e. The van der Waals surface area contributed by atoms with Crippen LogP contribution in [0.15, 0.2) is 42.9 Å². The summed E-state index contributed by atoms with van der Waals surface area (Å²) < 4.78 is 7.49. The SMILES string of the molecule is CC(C)Cc1ccc(C(C)C(=O)OCn2ccc3c(N(C)[C@H]4CN(C(=O)CC#N)CC[C@H]4C)ncnc32)cc1. The van der Waals surface area contributed by atoms with Crippen molar-refractivity contribution in [2.45, 2.75) is 65.6 Å². The van der Waals surface area contributed by atoms with Gasteiger partial charge >= 0.3 is 5.97 Å². The van der Waals surface area contributed by atoms with Gasteiger partial charge in [-0.25, -0.2) is 9.97 Å². The Morgan fingerprint density at radius 3 is 2.62 bits per heavy atom. The van der Waals surface area contributed by atoms with Crippen LogP contribution in [-0.2, 0) is 27.5 Å². The lowest BCUT2D eigenvalue weighted by Crippen LogP contribution is -2.52. The summed E-state index contributed by atoms with van der Waals surface area (Å²) in [6, 6.07) is 12.1. The average Bonchev–Trinajstić information content (AvgIpc) is 3.34. The van der Waals surface area contributed by atoms with Crippen LogP contribution in [0.25, 0.3) is 11.0 Å². The summed E-state index contributed by atoms with van der Waals surface area (Å²) in [5.41, 5.74) is 2.86. The van der Waals surface area contributed by atoms with Gasteiger partial charge in [-0.3, -0.25) is 14.2 Å². The lowest BCUT2D eigenvalue weighted by atomic mass is 9.92. The number of likely N-dealkylation sites (tertiary alicyclic amines) is 1. The number of carbonyl (C=O) groups is 2. The van der Waals surface area contributed by atoms with E-state index in [0.29, 0.717) is 30.6 Å². The molecule has 206 valence electrons. The predicted octanol–water partition coefficient (Wildman–Crippen LogP) is 4.52. The van der Waals surface area contributed by atoms with Crippen LogP contribution in [0.2, 0.25) is 0 Å². The van der Waals surface area contributed by atoms with E-state index in [1.807, 2.05) is 44.4 Å². The molecule has 1 unspecified atom stereocenters. The number of piperidine rings is 1. The summed E-state index contributed by atoms with van der Waals surface area (Å²) in [6.07, 6.45) is 5.13. The van der Waals surface area contributed by atoms with Crippen LogP contribution >= 0.6 is 0 Å². The van der Waals surface area contributed by atoms with Gasteiger partial charge in [-0.1, -0.05) is 45.0 Å². The fourth-order valence-corrected chi connectivity index (χ4v) is 5.30. The number of carbonyl (C=O) groups excluding carboxylic acids is 2. The zero-order valence-corrected chi connectivity index (χ0v) is 23.5. The van der Waals surface area contributed by atoms with Crippen LogP contribution in [0.1, 0.15) is 57.6 Å². The van der Waals surface area contributed by atoms with E-state index in [9.17, 15) is 9.59 Å². The Hall–Kier alpha value is -3.93. The van der Waals surface area contributed by atoms with Crippen molar-refractivity contribution in [2.75, 3.05) is 25.0 Å². The van der Waals surface area contributed by atoms with Crippen molar-refractivity contribution in [1.82, 2.24) is 19.4 Å². The van der Waals surface area contributed by atoms with E-state index in [2.05, 4.69) is 47.8 Å². The van der Waals surface area contributed by atoms with Gasteiger partial charge in [0.15, 0.2) is 6.73 Å². The van der Waals surface area contributed by atoms with Gasteiger partial charge in [-0.15, -0.1) is 0 Å². The molecule has 0 aliphatic carbocycles. The van der Waals surface area contributed by atoms with E-state index in [1.165, 1.54) is 11.9 Å². The first-order chi connectivity index (χ1) is 18.7. The number of esters is 1. The van der Waals surface area contributed by atoms with Crippen molar-refractivity contribution in [1.29, 1.82) is 5.26 Å². The normalized spacial score (nSPS) is 18.1. The monoisotopic (exact) mass is 530 g/mol. The number of nitrogens with zero attached hydrogens (tertiary/aromatic N) is 6. The van der Waals surface area contributed by atoms with Crippen LogP contribution in [-0.4, -0.2) is 57.5 Å². The van der Waals surface area contributed by atoms with Crippen molar-refractivity contribution in [2.24, 2.45) is 11.8 Å². The van der Waals surface area contributed by atoms with Gasteiger partial charge in [0, 0.05) is 26.3 Å². The zero-order chi connectivity index (χ0) is 28.1. The minimum atomic E-state index is -0.379. The molecule has 1 saturated heterocycles. The molecule has 9 nitrogen and oxygen atoms in total. The van der Waals surface area contributed by atoms with Crippen molar-refractivity contribution in [3.63, 3.8) is 0 Å².